The van der Waals surface area contributed by atoms with E-state index in [1.54, 1.807) is 18.7 Å². The van der Waals surface area contributed by atoms with E-state index in [0.29, 0.717) is 12.8 Å². The Kier molecular flexibility index (Phi) is 33.7. The summed E-state index contributed by atoms with van der Waals surface area (Å²) in [5, 5.41) is 19.0. The summed E-state index contributed by atoms with van der Waals surface area (Å²) in [5.74, 6) is -1.92. The van der Waals surface area contributed by atoms with Crippen LogP contribution in [0.25, 0.3) is 0 Å². The standard InChI is InChI=1S/C9H21N.C7H18N.2C4H8O2/c1-4-6-8-10(3)9-7-5-2;1-5-6-7-8(2,3)4;2*1-2-3-4(5)6/h4-9H2,1-3H3;5-7H2,1-4H3;2*2-3H2,1H3,(H,5,6)/q;+1;;/p-1. The lowest BCUT2D eigenvalue weighted by atomic mass is 10.3. The Bertz CT molecular complexity index is 332. The molecule has 0 unspecified atom stereocenters. The number of nitrogens with one attached hydrogen (secondary N) is 1. The van der Waals surface area contributed by atoms with Crippen molar-refractivity contribution in [1.29, 1.82) is 0 Å². The quantitative estimate of drug-likeness (QED) is 0.447. The van der Waals surface area contributed by atoms with Crippen LogP contribution in [-0.2, 0) is 9.59 Å². The zero-order chi connectivity index (χ0) is 24.4. The smallest absolute Gasteiger partial charge is 0.0780 e. The molecular formula is C24H54N2O4. The van der Waals surface area contributed by atoms with Crippen molar-refractivity contribution in [2.45, 2.75) is 98.8 Å². The van der Waals surface area contributed by atoms with Gasteiger partial charge < -0.3 is 29.2 Å². The fourth-order valence-corrected chi connectivity index (χ4v) is 2.12. The van der Waals surface area contributed by atoms with Crippen LogP contribution in [0.1, 0.15) is 98.8 Å². The van der Waals surface area contributed by atoms with Crippen LogP contribution in [0.4, 0.5) is 0 Å². The van der Waals surface area contributed by atoms with E-state index in [4.69, 9.17) is 0 Å². The number of rotatable bonds is 13. The van der Waals surface area contributed by atoms with Gasteiger partial charge in [0.15, 0.2) is 0 Å². The average molecular weight is 435 g/mol. The van der Waals surface area contributed by atoms with E-state index in [2.05, 4.69) is 49.0 Å². The third-order valence-electron chi connectivity index (χ3n) is 4.00. The fraction of sp³-hybridized carbons (Fsp3) is 0.917. The number of carboxylic acid groups (broad SMARTS) is 2. The summed E-state index contributed by atoms with van der Waals surface area (Å²) in [5.41, 5.74) is 0. The second-order valence-corrected chi connectivity index (χ2v) is 8.78. The van der Waals surface area contributed by atoms with Crippen molar-refractivity contribution < 1.29 is 29.2 Å². The van der Waals surface area contributed by atoms with Gasteiger partial charge in [0.1, 0.15) is 0 Å². The van der Waals surface area contributed by atoms with Gasteiger partial charge in [0, 0.05) is 11.9 Å². The Hall–Kier alpha value is -1.14. The number of aliphatic carboxylic acids is 2. The summed E-state index contributed by atoms with van der Waals surface area (Å²) in [6.45, 7) is 14.4. The average Bonchev–Trinajstić information content (AvgIpc) is 2.63. The van der Waals surface area contributed by atoms with Crippen molar-refractivity contribution in [3.05, 3.63) is 0 Å². The molecule has 30 heavy (non-hydrogen) atoms. The van der Waals surface area contributed by atoms with Crippen molar-refractivity contribution in [2.75, 3.05) is 47.8 Å². The molecule has 0 rings (SSSR count). The van der Waals surface area contributed by atoms with Crippen molar-refractivity contribution in [2.24, 2.45) is 0 Å². The summed E-state index contributed by atoms with van der Waals surface area (Å²) in [6.07, 6.45) is 9.81. The number of hydrogen-bond donors (Lipinski definition) is 1. The van der Waals surface area contributed by atoms with Crippen LogP contribution in [0.3, 0.4) is 0 Å². The molecule has 0 aliphatic rings. The first-order valence-corrected chi connectivity index (χ1v) is 11.9. The van der Waals surface area contributed by atoms with Crippen LogP contribution in [0, 0.1) is 0 Å². The molecule has 0 spiro atoms. The lowest BCUT2D eigenvalue weighted by molar-refractivity contribution is -0.880. The summed E-state index contributed by atoms with van der Waals surface area (Å²) in [6, 6.07) is 0. The van der Waals surface area contributed by atoms with E-state index in [9.17, 15) is 19.8 Å². The molecule has 184 valence electrons. The Balaban J connectivity index is -0.000000154. The molecule has 0 heterocycles. The zero-order valence-corrected chi connectivity index (χ0v) is 21.8. The molecule has 0 atom stereocenters. The highest BCUT2D eigenvalue weighted by Gasteiger charge is 2.03. The van der Waals surface area contributed by atoms with E-state index in [1.165, 1.54) is 58.2 Å². The lowest BCUT2D eigenvalue weighted by Gasteiger charge is -2.23. The first kappa shape index (κ1) is 36.2. The molecule has 0 saturated carbocycles. The zero-order valence-electron chi connectivity index (χ0n) is 21.8. The highest BCUT2D eigenvalue weighted by molar-refractivity contribution is 5.64. The summed E-state index contributed by atoms with van der Waals surface area (Å²) in [4.78, 5) is 20.7. The molecule has 0 saturated heterocycles. The van der Waals surface area contributed by atoms with Gasteiger partial charge in [-0.3, -0.25) is 0 Å². The molecule has 0 aromatic rings. The highest BCUT2D eigenvalue weighted by Crippen LogP contribution is 1.95. The van der Waals surface area contributed by atoms with E-state index in [0.717, 1.165) is 4.48 Å². The van der Waals surface area contributed by atoms with Gasteiger partial charge in [0.2, 0.25) is 0 Å². The molecule has 0 fully saturated rings. The maximum absolute atomic E-state index is 9.49. The summed E-state index contributed by atoms with van der Waals surface area (Å²) >= 11 is 0. The Morgan fingerprint density at radius 2 is 1.00 bits per heavy atom. The molecular weight excluding hydrogens is 380 g/mol. The van der Waals surface area contributed by atoms with Gasteiger partial charge in [-0.25, -0.2) is 0 Å². The third-order valence-corrected chi connectivity index (χ3v) is 4.00. The van der Waals surface area contributed by atoms with E-state index in [1.807, 2.05) is 0 Å². The summed E-state index contributed by atoms with van der Waals surface area (Å²) in [7, 11) is 8.99. The molecule has 6 nitrogen and oxygen atoms in total. The topological polar surface area (TPSA) is 84.7 Å². The Morgan fingerprint density at radius 1 is 0.667 bits per heavy atom. The maximum atomic E-state index is 9.49. The number of carboxylic acids is 2. The van der Waals surface area contributed by atoms with Gasteiger partial charge in [0.25, 0.3) is 0 Å². The molecule has 0 radical (unpaired) electrons. The molecule has 1 N–H and O–H groups in total. The minimum Gasteiger partial charge on any atom is -0.550 e. The first-order chi connectivity index (χ1) is 13.9. The van der Waals surface area contributed by atoms with Crippen LogP contribution < -0.4 is 15.1 Å². The van der Waals surface area contributed by atoms with E-state index >= 15 is 0 Å². The second kappa shape index (κ2) is 27.9. The van der Waals surface area contributed by atoms with Gasteiger partial charge >= 0.3 is 0 Å². The number of unbranched alkanes of at least 4 members (excludes halogenated alkanes) is 3. The molecule has 0 aromatic carbocycles. The van der Waals surface area contributed by atoms with Crippen LogP contribution in [0.2, 0.25) is 0 Å². The molecule has 0 amide bonds. The monoisotopic (exact) mass is 434 g/mol. The van der Waals surface area contributed by atoms with Gasteiger partial charge in [-0.15, -0.1) is 0 Å². The Morgan fingerprint density at radius 3 is 1.13 bits per heavy atom. The second-order valence-electron chi connectivity index (χ2n) is 8.78. The fourth-order valence-electron chi connectivity index (χ4n) is 2.12. The van der Waals surface area contributed by atoms with Gasteiger partial charge in [-0.05, 0) is 32.1 Å². The molecule has 0 aliphatic carbocycles. The summed E-state index contributed by atoms with van der Waals surface area (Å²) < 4.78 is 1.10. The largest absolute Gasteiger partial charge is 0.550 e. The normalized spacial score (nSPS) is 10.1. The highest BCUT2D eigenvalue weighted by atomic mass is 16.4. The van der Waals surface area contributed by atoms with Gasteiger partial charge in [-0.1, -0.05) is 66.7 Å². The maximum Gasteiger partial charge on any atom is 0.0780 e. The van der Waals surface area contributed by atoms with Gasteiger partial charge in [0.05, 0.1) is 47.8 Å². The predicted molar refractivity (Wildman–Crippen MR) is 124 cm³/mol. The number of carbonyl (C=O) groups is 2. The Labute approximate surface area is 188 Å². The number of nitrogens with zero attached hydrogens (tertiary/aromatic N) is 1. The minimum absolute atomic E-state index is 0.181. The van der Waals surface area contributed by atoms with E-state index in [-0.39, 0.29) is 12.8 Å². The molecule has 0 aromatic heterocycles. The SMILES string of the molecule is CCCC(=O)[O-].CCCC(=O)[O-].CCCC[N+](C)(C)C.CCCC[NH+](C)CCCC. The number of quaternary nitrogens is 2. The number of hydrogen-bond acceptors (Lipinski definition) is 4. The molecule has 0 aliphatic heterocycles. The predicted octanol–water partition coefficient (Wildman–Crippen LogP) is 1.67. The molecule has 6 heteroatoms. The van der Waals surface area contributed by atoms with Crippen LogP contribution in [0.5, 0.6) is 0 Å². The number of carbonyl (C=O) groups excluding carboxylic acids is 2. The van der Waals surface area contributed by atoms with Crippen LogP contribution in [0.15, 0.2) is 0 Å². The minimum atomic E-state index is -0.961. The van der Waals surface area contributed by atoms with E-state index < -0.39 is 11.9 Å². The van der Waals surface area contributed by atoms with Crippen LogP contribution in [-0.4, -0.2) is 64.2 Å². The van der Waals surface area contributed by atoms with Crippen molar-refractivity contribution in [3.8, 4) is 0 Å². The molecule has 0 bridgehead atoms. The van der Waals surface area contributed by atoms with Gasteiger partial charge in [-0.2, -0.15) is 0 Å². The van der Waals surface area contributed by atoms with Crippen molar-refractivity contribution in [3.63, 3.8) is 0 Å². The lowest BCUT2D eigenvalue weighted by Crippen LogP contribution is -3.08. The van der Waals surface area contributed by atoms with Crippen molar-refractivity contribution >= 4 is 11.9 Å². The first-order valence-electron chi connectivity index (χ1n) is 11.9. The van der Waals surface area contributed by atoms with Crippen molar-refractivity contribution in [1.82, 2.24) is 0 Å². The van der Waals surface area contributed by atoms with Crippen LogP contribution >= 0.6 is 0 Å². The third kappa shape index (κ3) is 56.3.